The topological polar surface area (TPSA) is 35.0 Å². The summed E-state index contributed by atoms with van der Waals surface area (Å²) in [5.41, 5.74) is 2.29. The summed E-state index contributed by atoms with van der Waals surface area (Å²) in [5.74, 6) is 2.06. The van der Waals surface area contributed by atoms with Gasteiger partial charge in [0.1, 0.15) is 11.6 Å². The fourth-order valence-electron chi connectivity index (χ4n) is 1.58. The molecule has 0 unspecified atom stereocenters. The number of nitrogens with zero attached hydrogens (tertiary/aromatic N) is 2. The Balaban J connectivity index is 2.31. The van der Waals surface area contributed by atoms with Crippen molar-refractivity contribution in [2.45, 2.75) is 20.8 Å². The highest BCUT2D eigenvalue weighted by molar-refractivity contribution is 9.10. The molecule has 0 N–H and O–H groups in total. The van der Waals surface area contributed by atoms with Crippen molar-refractivity contribution < 1.29 is 4.74 Å². The lowest BCUT2D eigenvalue weighted by atomic mass is 10.1. The molecular formula is C13H13BrN2O. The van der Waals surface area contributed by atoms with Gasteiger partial charge in [-0.05, 0) is 44.0 Å². The molecule has 1 aromatic heterocycles. The number of halogens is 1. The van der Waals surface area contributed by atoms with Gasteiger partial charge in [-0.1, -0.05) is 15.9 Å². The third kappa shape index (κ3) is 2.82. The highest BCUT2D eigenvalue weighted by Crippen LogP contribution is 2.28. The summed E-state index contributed by atoms with van der Waals surface area (Å²) in [4.78, 5) is 8.24. The molecule has 3 nitrogen and oxygen atoms in total. The average Bonchev–Trinajstić information content (AvgIpc) is 2.26. The minimum atomic E-state index is 0.568. The van der Waals surface area contributed by atoms with E-state index in [0.717, 1.165) is 21.3 Å². The number of aryl methyl sites for hydroxylation is 3. The van der Waals surface area contributed by atoms with Crippen LogP contribution in [0.15, 0.2) is 28.9 Å². The van der Waals surface area contributed by atoms with Crippen molar-refractivity contribution in [1.82, 2.24) is 9.97 Å². The minimum absolute atomic E-state index is 0.568. The number of hydrogen-bond donors (Lipinski definition) is 0. The van der Waals surface area contributed by atoms with E-state index in [2.05, 4.69) is 25.9 Å². The molecule has 0 bridgehead atoms. The molecule has 1 aromatic carbocycles. The van der Waals surface area contributed by atoms with Gasteiger partial charge in [0, 0.05) is 16.7 Å². The normalized spacial score (nSPS) is 10.4. The SMILES string of the molecule is Cc1nccc(Oc2cc(C)c(Br)c(C)c2)n1. The maximum absolute atomic E-state index is 5.70. The second-order valence-electron chi connectivity index (χ2n) is 3.92. The summed E-state index contributed by atoms with van der Waals surface area (Å²) < 4.78 is 6.82. The van der Waals surface area contributed by atoms with Crippen molar-refractivity contribution in [1.29, 1.82) is 0 Å². The average molecular weight is 293 g/mol. The first-order valence-corrected chi connectivity index (χ1v) is 6.10. The van der Waals surface area contributed by atoms with Crippen LogP contribution in [0.1, 0.15) is 17.0 Å². The molecular weight excluding hydrogens is 280 g/mol. The zero-order valence-corrected chi connectivity index (χ0v) is 11.6. The lowest BCUT2D eigenvalue weighted by molar-refractivity contribution is 0.459. The Labute approximate surface area is 109 Å². The van der Waals surface area contributed by atoms with Crippen molar-refractivity contribution in [3.8, 4) is 11.6 Å². The van der Waals surface area contributed by atoms with E-state index in [-0.39, 0.29) is 0 Å². The van der Waals surface area contributed by atoms with Gasteiger partial charge in [0.2, 0.25) is 5.88 Å². The van der Waals surface area contributed by atoms with E-state index in [9.17, 15) is 0 Å². The Bertz CT molecular complexity index is 532. The van der Waals surface area contributed by atoms with Crippen molar-refractivity contribution in [3.63, 3.8) is 0 Å². The predicted molar refractivity (Wildman–Crippen MR) is 70.5 cm³/mol. The smallest absolute Gasteiger partial charge is 0.222 e. The number of rotatable bonds is 2. The Morgan fingerprint density at radius 1 is 1.12 bits per heavy atom. The molecule has 88 valence electrons. The van der Waals surface area contributed by atoms with Gasteiger partial charge in [0.15, 0.2) is 0 Å². The maximum Gasteiger partial charge on any atom is 0.222 e. The van der Waals surface area contributed by atoms with E-state index in [1.807, 2.05) is 32.9 Å². The first kappa shape index (κ1) is 12.0. The summed E-state index contributed by atoms with van der Waals surface area (Å²) >= 11 is 3.53. The Kier molecular flexibility index (Phi) is 3.43. The minimum Gasteiger partial charge on any atom is -0.439 e. The van der Waals surface area contributed by atoms with Gasteiger partial charge in [-0.15, -0.1) is 0 Å². The standard InChI is InChI=1S/C13H13BrN2O/c1-8-6-11(7-9(2)13(8)14)17-12-4-5-15-10(3)16-12/h4-7H,1-3H3. The van der Waals surface area contributed by atoms with Crippen LogP contribution in [0.3, 0.4) is 0 Å². The first-order valence-electron chi connectivity index (χ1n) is 5.30. The van der Waals surface area contributed by atoms with Gasteiger partial charge >= 0.3 is 0 Å². The number of ether oxygens (including phenoxy) is 1. The van der Waals surface area contributed by atoms with Crippen LogP contribution in [0, 0.1) is 20.8 Å². The lowest BCUT2D eigenvalue weighted by Crippen LogP contribution is -1.93. The van der Waals surface area contributed by atoms with Crippen LogP contribution in [0.2, 0.25) is 0 Å². The van der Waals surface area contributed by atoms with Crippen molar-refractivity contribution in [2.24, 2.45) is 0 Å². The van der Waals surface area contributed by atoms with Crippen LogP contribution in [0.5, 0.6) is 11.6 Å². The molecule has 0 fully saturated rings. The molecule has 0 aliphatic carbocycles. The van der Waals surface area contributed by atoms with Crippen LogP contribution in [-0.2, 0) is 0 Å². The predicted octanol–water partition coefficient (Wildman–Crippen LogP) is 3.96. The molecule has 2 rings (SSSR count). The lowest BCUT2D eigenvalue weighted by Gasteiger charge is -2.09. The second-order valence-corrected chi connectivity index (χ2v) is 4.71. The van der Waals surface area contributed by atoms with Crippen molar-refractivity contribution in [2.75, 3.05) is 0 Å². The van der Waals surface area contributed by atoms with Crippen LogP contribution in [0.25, 0.3) is 0 Å². The highest BCUT2D eigenvalue weighted by atomic mass is 79.9. The van der Waals surface area contributed by atoms with Gasteiger partial charge in [0.25, 0.3) is 0 Å². The molecule has 0 saturated heterocycles. The van der Waals surface area contributed by atoms with E-state index in [1.54, 1.807) is 12.3 Å². The van der Waals surface area contributed by atoms with Crippen LogP contribution >= 0.6 is 15.9 Å². The maximum atomic E-state index is 5.70. The van der Waals surface area contributed by atoms with E-state index in [0.29, 0.717) is 11.7 Å². The molecule has 0 spiro atoms. The van der Waals surface area contributed by atoms with Gasteiger partial charge < -0.3 is 4.74 Å². The zero-order valence-electron chi connectivity index (χ0n) is 9.99. The summed E-state index contributed by atoms with van der Waals surface area (Å²) in [6, 6.07) is 5.71. The molecule has 17 heavy (non-hydrogen) atoms. The number of hydrogen-bond acceptors (Lipinski definition) is 3. The van der Waals surface area contributed by atoms with Crippen LogP contribution in [0.4, 0.5) is 0 Å². The third-order valence-electron chi connectivity index (χ3n) is 2.38. The highest BCUT2D eigenvalue weighted by Gasteiger charge is 2.05. The zero-order chi connectivity index (χ0) is 12.4. The molecule has 1 heterocycles. The molecule has 0 saturated carbocycles. The summed E-state index contributed by atoms with van der Waals surface area (Å²) in [6.45, 7) is 5.91. The largest absolute Gasteiger partial charge is 0.439 e. The molecule has 0 aliphatic rings. The third-order valence-corrected chi connectivity index (χ3v) is 3.63. The van der Waals surface area contributed by atoms with E-state index in [4.69, 9.17) is 4.74 Å². The van der Waals surface area contributed by atoms with Gasteiger partial charge in [-0.3, -0.25) is 0 Å². The van der Waals surface area contributed by atoms with Gasteiger partial charge in [-0.25, -0.2) is 4.98 Å². The Morgan fingerprint density at radius 3 is 2.35 bits per heavy atom. The summed E-state index contributed by atoms with van der Waals surface area (Å²) in [5, 5.41) is 0. The summed E-state index contributed by atoms with van der Waals surface area (Å²) in [7, 11) is 0. The fraction of sp³-hybridized carbons (Fsp3) is 0.231. The Morgan fingerprint density at radius 2 is 1.76 bits per heavy atom. The van der Waals surface area contributed by atoms with E-state index < -0.39 is 0 Å². The molecule has 0 aliphatic heterocycles. The molecule has 0 atom stereocenters. The fourth-order valence-corrected chi connectivity index (χ4v) is 1.81. The van der Waals surface area contributed by atoms with Crippen LogP contribution in [-0.4, -0.2) is 9.97 Å². The molecule has 2 aromatic rings. The van der Waals surface area contributed by atoms with Gasteiger partial charge in [-0.2, -0.15) is 4.98 Å². The quantitative estimate of drug-likeness (QED) is 0.840. The Hall–Kier alpha value is -1.42. The van der Waals surface area contributed by atoms with Crippen molar-refractivity contribution >= 4 is 15.9 Å². The van der Waals surface area contributed by atoms with Crippen molar-refractivity contribution in [3.05, 3.63) is 45.8 Å². The van der Waals surface area contributed by atoms with E-state index >= 15 is 0 Å². The summed E-state index contributed by atoms with van der Waals surface area (Å²) in [6.07, 6.45) is 1.69. The number of aromatic nitrogens is 2. The first-order chi connectivity index (χ1) is 8.06. The monoisotopic (exact) mass is 292 g/mol. The molecule has 0 radical (unpaired) electrons. The molecule has 4 heteroatoms. The van der Waals surface area contributed by atoms with Crippen LogP contribution < -0.4 is 4.74 Å². The van der Waals surface area contributed by atoms with Gasteiger partial charge in [0.05, 0.1) is 0 Å². The second kappa shape index (κ2) is 4.84. The van der Waals surface area contributed by atoms with E-state index in [1.165, 1.54) is 0 Å². The molecule has 0 amide bonds. The number of benzene rings is 1.